The topological polar surface area (TPSA) is 46.7 Å². The van der Waals surface area contributed by atoms with Gasteiger partial charge >= 0.3 is 0 Å². The molecule has 0 saturated carbocycles. The molecular formula is C70H65N4O2Pt-3. The Labute approximate surface area is 469 Å². The molecule has 0 bridgehead atoms. The van der Waals surface area contributed by atoms with Gasteiger partial charge in [-0.3, -0.25) is 0 Å². The number of anilines is 4. The number of fused-ring (bicyclic) bond motifs is 1. The molecule has 77 heavy (non-hydrogen) atoms. The van der Waals surface area contributed by atoms with Gasteiger partial charge in [-0.25, -0.2) is 4.98 Å². The molecule has 0 radical (unpaired) electrons. The van der Waals surface area contributed by atoms with Crippen molar-refractivity contribution < 1.29 is 30.2 Å². The molecule has 0 saturated heterocycles. The van der Waals surface area contributed by atoms with E-state index in [1.165, 1.54) is 44.5 Å². The van der Waals surface area contributed by atoms with Gasteiger partial charge in [0.25, 0.3) is 0 Å². The first-order valence-electron chi connectivity index (χ1n) is 26.6. The predicted octanol–water partition coefficient (Wildman–Crippen LogP) is 19.4. The van der Waals surface area contributed by atoms with Crippen LogP contribution in [0.1, 0.15) is 105 Å². The first kappa shape index (κ1) is 51.7. The average Bonchev–Trinajstić information content (AvgIpc) is 4.32. The quantitative estimate of drug-likeness (QED) is 0.142. The van der Waals surface area contributed by atoms with E-state index in [1.807, 2.05) is 36.5 Å². The standard InChI is InChI=1S/C70H65N4O2.Pt/c1-67(2,3)48-32-33-71-63(39-48)74-59-26-19-27-61-64(59)65-60(74)41-54(42-62(65)76-61)75-53-23-18-22-52(40-53)72-43-73(58-25-17-16-24-57(58)72)66-55(46-30-28-45(29-31-46)44-20-14-13-15-21-44)37-51(70(10,11)12)38-56(66)47-34-49(68(4,5)6)36-50(35-47)69(7,8)9;/h13-39,42-43H,1-12H3;/q-3;. The Hall–Kier alpha value is -7.40. The minimum Gasteiger partial charge on any atom is -0.509 e. The molecule has 0 aliphatic carbocycles. The van der Waals surface area contributed by atoms with E-state index in [9.17, 15) is 0 Å². The summed E-state index contributed by atoms with van der Waals surface area (Å²) in [5.41, 5.74) is 19.2. The van der Waals surface area contributed by atoms with Crippen LogP contribution < -0.4 is 14.5 Å². The van der Waals surface area contributed by atoms with Crippen molar-refractivity contribution >= 4 is 55.7 Å². The zero-order chi connectivity index (χ0) is 53.1. The van der Waals surface area contributed by atoms with Crippen LogP contribution in [0.15, 0.2) is 174 Å². The van der Waals surface area contributed by atoms with Gasteiger partial charge < -0.3 is 23.5 Å². The SMILES string of the molecule is CC(C)(C)c1cc(-c2cc(C(C)(C)C)cc(-c3ccc(-c4ccccc4)cc3)c2N2[CH-]N(c3[c-]c(Oc4[c-]c5c6c(c4)oc4cccc(c46)n5-c4cc(C(C)(C)C)ccn4)ccc3)c3ccccc32)cc(C(C)(C)C)c1.[Pt]. The maximum atomic E-state index is 6.82. The van der Waals surface area contributed by atoms with Gasteiger partial charge in [0.2, 0.25) is 0 Å². The number of hydrogen-bond acceptors (Lipinski definition) is 5. The number of para-hydroxylation sites is 2. The molecule has 4 heterocycles. The van der Waals surface area contributed by atoms with Crippen molar-refractivity contribution in [1.29, 1.82) is 0 Å². The first-order valence-corrected chi connectivity index (χ1v) is 26.6. The maximum absolute atomic E-state index is 6.82. The molecule has 0 spiro atoms. The fraction of sp³-hybridized carbons (Fsp3) is 0.229. The minimum absolute atomic E-state index is 0. The van der Waals surface area contributed by atoms with Crippen LogP contribution in [-0.4, -0.2) is 9.55 Å². The number of hydrogen-bond donors (Lipinski definition) is 0. The molecule has 7 heteroatoms. The van der Waals surface area contributed by atoms with Crippen LogP contribution in [0, 0.1) is 18.8 Å². The summed E-state index contributed by atoms with van der Waals surface area (Å²) < 4.78 is 15.5. The second-order valence-corrected chi connectivity index (χ2v) is 24.7. The van der Waals surface area contributed by atoms with Crippen LogP contribution >= 0.6 is 0 Å². The Balaban J connectivity index is 0.00000631. The number of pyridine rings is 1. The predicted molar refractivity (Wildman–Crippen MR) is 316 cm³/mol. The van der Waals surface area contributed by atoms with E-state index in [-0.39, 0.29) is 42.7 Å². The molecule has 1 aliphatic rings. The third-order valence-electron chi connectivity index (χ3n) is 15.1. The Kier molecular flexibility index (Phi) is 12.7. The molecule has 0 fully saturated rings. The van der Waals surface area contributed by atoms with Gasteiger partial charge in [0.15, 0.2) is 0 Å². The summed E-state index contributed by atoms with van der Waals surface area (Å²) in [5.74, 6) is 1.91. The van der Waals surface area contributed by atoms with Gasteiger partial charge in [-0.2, -0.15) is 6.07 Å². The van der Waals surface area contributed by atoms with Crippen LogP contribution in [0.5, 0.6) is 11.5 Å². The Morgan fingerprint density at radius 1 is 0.468 bits per heavy atom. The van der Waals surface area contributed by atoms with E-state index >= 15 is 0 Å². The maximum Gasteiger partial charge on any atom is 0.135 e. The van der Waals surface area contributed by atoms with Gasteiger partial charge in [0, 0.05) is 78.0 Å². The van der Waals surface area contributed by atoms with E-state index < -0.39 is 0 Å². The third-order valence-corrected chi connectivity index (χ3v) is 15.1. The van der Waals surface area contributed by atoms with Crippen molar-refractivity contribution in [2.75, 3.05) is 9.80 Å². The van der Waals surface area contributed by atoms with Crippen LogP contribution in [-0.2, 0) is 42.7 Å². The molecule has 1 aliphatic heterocycles. The van der Waals surface area contributed by atoms with Crippen molar-refractivity contribution in [3.8, 4) is 50.7 Å². The Morgan fingerprint density at radius 3 is 1.71 bits per heavy atom. The second-order valence-electron chi connectivity index (χ2n) is 24.7. The fourth-order valence-electron chi connectivity index (χ4n) is 10.7. The van der Waals surface area contributed by atoms with E-state index in [1.54, 1.807) is 0 Å². The summed E-state index contributed by atoms with van der Waals surface area (Å²) in [5, 5.41) is 2.06. The van der Waals surface area contributed by atoms with Crippen LogP contribution in [0.2, 0.25) is 0 Å². The van der Waals surface area contributed by atoms with Crippen LogP contribution in [0.4, 0.5) is 22.7 Å². The number of nitrogens with zero attached hydrogens (tertiary/aromatic N) is 4. The van der Waals surface area contributed by atoms with Crippen molar-refractivity contribution in [1.82, 2.24) is 9.55 Å². The van der Waals surface area contributed by atoms with E-state index in [0.717, 1.165) is 72.7 Å². The largest absolute Gasteiger partial charge is 0.509 e. The molecule has 0 amide bonds. The van der Waals surface area contributed by atoms with E-state index in [0.29, 0.717) is 11.5 Å². The molecule has 3 aromatic heterocycles. The van der Waals surface area contributed by atoms with E-state index in [4.69, 9.17) is 14.1 Å². The van der Waals surface area contributed by atoms with Crippen LogP contribution in [0.25, 0.3) is 72.2 Å². The number of ether oxygens (including phenoxy) is 1. The molecule has 0 unspecified atom stereocenters. The normalized spacial score (nSPS) is 13.2. The summed E-state index contributed by atoms with van der Waals surface area (Å²) in [7, 11) is 0. The van der Waals surface area contributed by atoms with Crippen molar-refractivity contribution in [3.05, 3.63) is 211 Å². The summed E-state index contributed by atoms with van der Waals surface area (Å²) in [6.45, 7) is 29.8. The van der Waals surface area contributed by atoms with E-state index in [2.05, 4.69) is 250 Å². The summed E-state index contributed by atoms with van der Waals surface area (Å²) in [6.07, 6.45) is 1.90. The molecule has 0 atom stereocenters. The molecule has 0 N–H and O–H groups in total. The molecule has 11 aromatic rings. The van der Waals surface area contributed by atoms with Gasteiger partial charge in [-0.05, 0) is 120 Å². The van der Waals surface area contributed by atoms with Crippen molar-refractivity contribution in [3.63, 3.8) is 0 Å². The summed E-state index contributed by atoms with van der Waals surface area (Å²) >= 11 is 0. The number of furan rings is 1. The number of rotatable bonds is 8. The second kappa shape index (κ2) is 19.0. The fourth-order valence-corrected chi connectivity index (χ4v) is 10.7. The van der Waals surface area contributed by atoms with Crippen LogP contribution in [0.3, 0.4) is 0 Å². The summed E-state index contributed by atoms with van der Waals surface area (Å²) in [6, 6.07) is 66.4. The van der Waals surface area contributed by atoms with Gasteiger partial charge in [-0.1, -0.05) is 191 Å². The minimum atomic E-state index is -0.144. The number of benzene rings is 8. The molecule has 390 valence electrons. The van der Waals surface area contributed by atoms with Gasteiger partial charge in [0.05, 0.1) is 0 Å². The zero-order valence-corrected chi connectivity index (χ0v) is 48.4. The van der Waals surface area contributed by atoms with Gasteiger partial charge in [-0.15, -0.1) is 36.6 Å². The van der Waals surface area contributed by atoms with Gasteiger partial charge in [0.1, 0.15) is 11.4 Å². The average molecular weight is 1190 g/mol. The summed E-state index contributed by atoms with van der Waals surface area (Å²) in [4.78, 5) is 9.54. The van der Waals surface area contributed by atoms with Crippen molar-refractivity contribution in [2.24, 2.45) is 0 Å². The zero-order valence-electron chi connectivity index (χ0n) is 46.2. The molecule has 8 aromatic carbocycles. The Morgan fingerprint density at radius 2 is 1.05 bits per heavy atom. The first-order chi connectivity index (χ1) is 36.2. The Bertz CT molecular complexity index is 3960. The van der Waals surface area contributed by atoms with Crippen molar-refractivity contribution in [2.45, 2.75) is 105 Å². The molecule has 6 nitrogen and oxygen atoms in total. The molecule has 12 rings (SSSR count). The third kappa shape index (κ3) is 9.43. The monoisotopic (exact) mass is 1190 g/mol. The smallest absolute Gasteiger partial charge is 0.135 e. The molecular weight excluding hydrogens is 1120 g/mol. The number of aromatic nitrogens is 2.